The van der Waals surface area contributed by atoms with E-state index in [0.717, 1.165) is 24.5 Å². The minimum atomic E-state index is -3.28. The molecular weight excluding hydrogens is 476 g/mol. The van der Waals surface area contributed by atoms with Crippen molar-refractivity contribution in [2.75, 3.05) is 45.8 Å². The van der Waals surface area contributed by atoms with Gasteiger partial charge in [-0.05, 0) is 11.6 Å². The predicted molar refractivity (Wildman–Crippen MR) is 133 cm³/mol. The summed E-state index contributed by atoms with van der Waals surface area (Å²) in [6.45, 7) is 4.73. The summed E-state index contributed by atoms with van der Waals surface area (Å²) >= 11 is 0. The molecule has 0 N–H and O–H groups in total. The summed E-state index contributed by atoms with van der Waals surface area (Å²) in [5, 5.41) is 0. The monoisotopic (exact) mass is 504 g/mol. The van der Waals surface area contributed by atoms with Crippen molar-refractivity contribution in [1.82, 2.24) is 19.3 Å². The molecule has 0 saturated carbocycles. The van der Waals surface area contributed by atoms with E-state index in [9.17, 15) is 8.42 Å². The molecule has 0 aliphatic carbocycles. The van der Waals surface area contributed by atoms with Crippen LogP contribution in [0.15, 0.2) is 42.7 Å². The molecule has 3 aromatic rings. The summed E-state index contributed by atoms with van der Waals surface area (Å²) in [7, 11) is -3.28. The molecule has 11 heteroatoms. The van der Waals surface area contributed by atoms with Gasteiger partial charge in [-0.1, -0.05) is 31.2 Å². The van der Waals surface area contributed by atoms with Gasteiger partial charge in [0.25, 0.3) is 0 Å². The van der Waals surface area contributed by atoms with Crippen LogP contribution in [0.3, 0.4) is 0 Å². The number of rotatable bonds is 6. The van der Waals surface area contributed by atoms with Crippen LogP contribution < -0.4 is 4.74 Å². The first kappa shape index (κ1) is 24.8. The molecule has 0 unspecified atom stereocenters. The number of pyridine rings is 1. The van der Waals surface area contributed by atoms with Crippen LogP contribution in [0.5, 0.6) is 5.88 Å². The van der Waals surface area contributed by atoms with Crippen molar-refractivity contribution >= 4 is 34.6 Å². The van der Waals surface area contributed by atoms with Gasteiger partial charge >= 0.3 is 0 Å². The van der Waals surface area contributed by atoms with Crippen LogP contribution in [0.1, 0.15) is 12.5 Å². The lowest BCUT2D eigenvalue weighted by molar-refractivity contribution is -0.0500. The summed E-state index contributed by atoms with van der Waals surface area (Å²) in [5.74, 6) is 0.346. The molecule has 2 aliphatic rings. The third kappa shape index (κ3) is 5.03. The molecule has 34 heavy (non-hydrogen) atoms. The van der Waals surface area contributed by atoms with E-state index in [4.69, 9.17) is 19.2 Å². The summed E-state index contributed by atoms with van der Waals surface area (Å²) in [6, 6.07) is 10.2. The molecule has 0 spiro atoms. The fourth-order valence-corrected chi connectivity index (χ4v) is 4.92. The largest absolute Gasteiger partial charge is 0.473 e. The average Bonchev–Trinajstić information content (AvgIpc) is 2.80. The van der Waals surface area contributed by atoms with Crippen molar-refractivity contribution in [3.8, 4) is 17.1 Å². The van der Waals surface area contributed by atoms with Crippen molar-refractivity contribution in [3.05, 3.63) is 48.3 Å². The van der Waals surface area contributed by atoms with E-state index >= 15 is 0 Å². The number of nitrogens with zero attached hydrogens (tertiary/aromatic N) is 4. The average molecular weight is 505 g/mol. The summed E-state index contributed by atoms with van der Waals surface area (Å²) in [4.78, 5) is 13.5. The molecule has 1 aromatic carbocycles. The lowest BCUT2D eigenvalue weighted by Gasteiger charge is -2.38. The minimum Gasteiger partial charge on any atom is -0.473 e. The molecule has 182 valence electrons. The molecule has 5 rings (SSSR count). The van der Waals surface area contributed by atoms with Crippen LogP contribution in [-0.2, 0) is 24.9 Å². The molecule has 4 heterocycles. The third-order valence-corrected chi connectivity index (χ3v) is 7.39. The Morgan fingerprint density at radius 2 is 1.91 bits per heavy atom. The standard InChI is InChI=1S/C23H26N4O5S.H2S/c1-23(14-30-15-23)17-5-3-16(4-6-17)19-11-20-21(25-8-7-24-20)22(26-19)32-13-18-12-27(9-10-31-18)33(2,28)29;/h3-8,11,18H,9-10,12-15H2,1-2H3;1H2/t18-;/m0./s1. The zero-order chi connectivity index (χ0) is 23.1. The Bertz CT molecular complexity index is 1270. The van der Waals surface area contributed by atoms with E-state index in [-0.39, 0.29) is 32.1 Å². The van der Waals surface area contributed by atoms with Gasteiger partial charge in [0.05, 0.1) is 37.3 Å². The normalized spacial score (nSPS) is 20.4. The molecule has 9 nitrogen and oxygen atoms in total. The SMILES string of the molecule is CC1(c2ccc(-c3cc4nccnc4c(OC[C@@H]4CN(S(C)(=O)=O)CCO4)n3)cc2)COC1.S. The number of benzene rings is 1. The lowest BCUT2D eigenvalue weighted by Crippen LogP contribution is -2.47. The first-order valence-corrected chi connectivity index (χ1v) is 12.7. The molecule has 0 radical (unpaired) electrons. The highest BCUT2D eigenvalue weighted by Crippen LogP contribution is 2.33. The minimum absolute atomic E-state index is 0. The zero-order valence-electron chi connectivity index (χ0n) is 19.1. The van der Waals surface area contributed by atoms with Gasteiger partial charge in [-0.15, -0.1) is 0 Å². The Hall–Kier alpha value is -2.31. The van der Waals surface area contributed by atoms with E-state index < -0.39 is 16.1 Å². The van der Waals surface area contributed by atoms with E-state index in [2.05, 4.69) is 29.0 Å². The maximum Gasteiger partial charge on any atom is 0.242 e. The van der Waals surface area contributed by atoms with Crippen molar-refractivity contribution in [2.24, 2.45) is 0 Å². The molecule has 2 saturated heterocycles. The molecule has 2 aromatic heterocycles. The molecular formula is C23H28N4O5S2. The van der Waals surface area contributed by atoms with E-state index in [0.29, 0.717) is 30.1 Å². The van der Waals surface area contributed by atoms with Crippen LogP contribution in [-0.4, -0.2) is 79.6 Å². The highest BCUT2D eigenvalue weighted by Gasteiger charge is 2.35. The van der Waals surface area contributed by atoms with Crippen LogP contribution in [0.4, 0.5) is 0 Å². The van der Waals surface area contributed by atoms with Gasteiger partial charge in [-0.3, -0.25) is 4.98 Å². The summed E-state index contributed by atoms with van der Waals surface area (Å²) < 4.78 is 42.3. The second kappa shape index (κ2) is 9.74. The van der Waals surface area contributed by atoms with Crippen molar-refractivity contribution < 1.29 is 22.6 Å². The van der Waals surface area contributed by atoms with Crippen LogP contribution >= 0.6 is 13.5 Å². The molecule has 0 amide bonds. The molecule has 1 atom stereocenters. The van der Waals surface area contributed by atoms with Gasteiger partial charge in [0, 0.05) is 36.5 Å². The number of hydrogen-bond donors (Lipinski definition) is 0. The van der Waals surface area contributed by atoms with Crippen LogP contribution in [0.2, 0.25) is 0 Å². The highest BCUT2D eigenvalue weighted by atomic mass is 32.2. The lowest BCUT2D eigenvalue weighted by atomic mass is 9.80. The molecule has 0 bridgehead atoms. The summed E-state index contributed by atoms with van der Waals surface area (Å²) in [5.41, 5.74) is 4.18. The first-order chi connectivity index (χ1) is 15.8. The van der Waals surface area contributed by atoms with Gasteiger partial charge in [-0.25, -0.2) is 18.4 Å². The predicted octanol–water partition coefficient (Wildman–Crippen LogP) is 2.13. The number of sulfonamides is 1. The fraction of sp³-hybridized carbons (Fsp3) is 0.435. The molecule has 2 aliphatic heterocycles. The van der Waals surface area contributed by atoms with Crippen molar-refractivity contribution in [3.63, 3.8) is 0 Å². The highest BCUT2D eigenvalue weighted by molar-refractivity contribution is 7.88. The Balaban J connectivity index is 0.00000274. The Labute approximate surface area is 206 Å². The number of morpholine rings is 1. The second-order valence-electron chi connectivity index (χ2n) is 8.79. The Morgan fingerprint density at radius 1 is 1.18 bits per heavy atom. The zero-order valence-corrected chi connectivity index (χ0v) is 20.9. The third-order valence-electron chi connectivity index (χ3n) is 6.12. The number of fused-ring (bicyclic) bond motifs is 1. The quantitative estimate of drug-likeness (QED) is 0.503. The van der Waals surface area contributed by atoms with Crippen LogP contribution in [0, 0.1) is 0 Å². The van der Waals surface area contributed by atoms with Crippen LogP contribution in [0.25, 0.3) is 22.3 Å². The summed E-state index contributed by atoms with van der Waals surface area (Å²) in [6.07, 6.45) is 4.03. The van der Waals surface area contributed by atoms with Crippen molar-refractivity contribution in [1.29, 1.82) is 0 Å². The van der Waals surface area contributed by atoms with Gasteiger partial charge in [0.2, 0.25) is 15.9 Å². The first-order valence-electron chi connectivity index (χ1n) is 10.8. The van der Waals surface area contributed by atoms with E-state index in [1.165, 1.54) is 16.1 Å². The maximum atomic E-state index is 11.9. The maximum absolute atomic E-state index is 11.9. The topological polar surface area (TPSA) is 104 Å². The van der Waals surface area contributed by atoms with Gasteiger partial charge < -0.3 is 14.2 Å². The smallest absolute Gasteiger partial charge is 0.242 e. The molecule has 2 fully saturated rings. The van der Waals surface area contributed by atoms with Crippen molar-refractivity contribution in [2.45, 2.75) is 18.4 Å². The van der Waals surface area contributed by atoms with E-state index in [1.807, 2.05) is 18.2 Å². The van der Waals surface area contributed by atoms with E-state index in [1.54, 1.807) is 12.4 Å². The number of ether oxygens (including phenoxy) is 3. The number of aromatic nitrogens is 3. The Kier molecular flexibility index (Phi) is 7.11. The number of hydrogen-bond acceptors (Lipinski definition) is 8. The fourth-order valence-electron chi connectivity index (χ4n) is 4.08. The van der Waals surface area contributed by atoms with Gasteiger partial charge in [0.1, 0.15) is 12.7 Å². The van der Waals surface area contributed by atoms with Gasteiger partial charge in [0.15, 0.2) is 5.52 Å². The van der Waals surface area contributed by atoms with Gasteiger partial charge in [-0.2, -0.15) is 17.8 Å². The second-order valence-corrected chi connectivity index (χ2v) is 10.8. The Morgan fingerprint density at radius 3 is 2.59 bits per heavy atom.